The summed E-state index contributed by atoms with van der Waals surface area (Å²) in [7, 11) is 0. The fraction of sp³-hybridized carbons (Fsp3) is 0.0909. The Kier molecular flexibility index (Phi) is 4.11. The number of ether oxygens (including phenoxy) is 1. The second kappa shape index (κ2) is 5.80. The van der Waals surface area contributed by atoms with E-state index in [4.69, 9.17) is 10.6 Å². The van der Waals surface area contributed by atoms with Gasteiger partial charge in [-0.05, 0) is 13.0 Å². The lowest BCUT2D eigenvalue weighted by Crippen LogP contribution is -2.08. The van der Waals surface area contributed by atoms with Gasteiger partial charge in [0, 0.05) is 22.2 Å². The lowest BCUT2D eigenvalue weighted by Gasteiger charge is -2.09. The van der Waals surface area contributed by atoms with Crippen LogP contribution in [0.1, 0.15) is 5.56 Å². The van der Waals surface area contributed by atoms with Crippen LogP contribution in [0.2, 0.25) is 0 Å². The van der Waals surface area contributed by atoms with Crippen molar-refractivity contribution in [3.05, 3.63) is 44.7 Å². The summed E-state index contributed by atoms with van der Waals surface area (Å²) in [6.07, 6.45) is 1.24. The third-order valence-electron chi connectivity index (χ3n) is 2.41. The summed E-state index contributed by atoms with van der Waals surface area (Å²) in [6, 6.07) is 4.52. The van der Waals surface area contributed by atoms with Crippen molar-refractivity contribution in [2.24, 2.45) is 5.84 Å². The van der Waals surface area contributed by atoms with Gasteiger partial charge in [0.25, 0.3) is 0 Å². The van der Waals surface area contributed by atoms with E-state index in [0.717, 1.165) is 0 Å². The van der Waals surface area contributed by atoms with Crippen LogP contribution in [-0.2, 0) is 0 Å². The first-order valence-electron chi connectivity index (χ1n) is 5.42. The number of benzene rings is 1. The summed E-state index contributed by atoms with van der Waals surface area (Å²) in [5.41, 5.74) is 2.79. The maximum atomic E-state index is 11.1. The van der Waals surface area contributed by atoms with Gasteiger partial charge in [0.05, 0.1) is 4.92 Å². The molecule has 0 radical (unpaired) electrons. The SMILES string of the molecule is Cc1cc(Br)cc([N+](=O)[O-])c1Oc1cc(NN)ncn1. The Morgan fingerprint density at radius 3 is 2.80 bits per heavy atom. The van der Waals surface area contributed by atoms with Gasteiger partial charge in [0.2, 0.25) is 11.6 Å². The van der Waals surface area contributed by atoms with Gasteiger partial charge < -0.3 is 10.2 Å². The predicted octanol–water partition coefficient (Wildman–Crippen LogP) is 2.53. The number of hydrazine groups is 1. The van der Waals surface area contributed by atoms with E-state index in [1.165, 1.54) is 18.5 Å². The van der Waals surface area contributed by atoms with Crippen LogP contribution in [0.25, 0.3) is 0 Å². The van der Waals surface area contributed by atoms with Crippen LogP contribution in [0.5, 0.6) is 11.6 Å². The monoisotopic (exact) mass is 339 g/mol. The topological polar surface area (TPSA) is 116 Å². The molecule has 0 atom stereocenters. The van der Waals surface area contributed by atoms with Crippen molar-refractivity contribution < 1.29 is 9.66 Å². The quantitative estimate of drug-likeness (QED) is 0.499. The van der Waals surface area contributed by atoms with Crippen molar-refractivity contribution >= 4 is 27.4 Å². The zero-order valence-electron chi connectivity index (χ0n) is 10.3. The highest BCUT2D eigenvalue weighted by Crippen LogP contribution is 2.36. The second-order valence-electron chi connectivity index (χ2n) is 3.82. The van der Waals surface area contributed by atoms with Gasteiger partial charge >= 0.3 is 5.69 Å². The lowest BCUT2D eigenvalue weighted by molar-refractivity contribution is -0.385. The minimum Gasteiger partial charge on any atom is -0.431 e. The molecule has 0 unspecified atom stereocenters. The average Bonchev–Trinajstić information content (AvgIpc) is 2.41. The van der Waals surface area contributed by atoms with Gasteiger partial charge in [-0.3, -0.25) is 10.1 Å². The molecule has 1 heterocycles. The van der Waals surface area contributed by atoms with Crippen LogP contribution >= 0.6 is 15.9 Å². The van der Waals surface area contributed by atoms with Gasteiger partial charge in [-0.2, -0.15) is 0 Å². The zero-order valence-corrected chi connectivity index (χ0v) is 11.9. The standard InChI is InChI=1S/C11H10BrN5O3/c1-6-2-7(12)3-8(17(18)19)11(6)20-10-4-9(16-13)14-5-15-10/h2-5H,13H2,1H3,(H,14,15,16). The van der Waals surface area contributed by atoms with Gasteiger partial charge in [-0.25, -0.2) is 15.8 Å². The molecule has 3 N–H and O–H groups in total. The Hall–Kier alpha value is -2.26. The van der Waals surface area contributed by atoms with Crippen LogP contribution in [0, 0.1) is 17.0 Å². The number of aromatic nitrogens is 2. The van der Waals surface area contributed by atoms with E-state index in [1.54, 1.807) is 13.0 Å². The number of hydrogen-bond donors (Lipinski definition) is 2. The first kappa shape index (κ1) is 14.2. The van der Waals surface area contributed by atoms with Gasteiger partial charge in [-0.1, -0.05) is 15.9 Å². The van der Waals surface area contributed by atoms with E-state index in [0.29, 0.717) is 15.9 Å². The Labute approximate surface area is 122 Å². The normalized spacial score (nSPS) is 10.2. The van der Waals surface area contributed by atoms with Crippen molar-refractivity contribution in [3.63, 3.8) is 0 Å². The van der Waals surface area contributed by atoms with E-state index >= 15 is 0 Å². The smallest absolute Gasteiger partial charge is 0.313 e. The molecule has 0 aliphatic rings. The number of nitrogens with zero attached hydrogens (tertiary/aromatic N) is 3. The third kappa shape index (κ3) is 3.00. The molecule has 0 spiro atoms. The molecule has 0 saturated carbocycles. The van der Waals surface area contributed by atoms with Crippen molar-refractivity contribution in [3.8, 4) is 11.6 Å². The minimum atomic E-state index is -0.517. The molecular weight excluding hydrogens is 330 g/mol. The number of nitrogens with one attached hydrogen (secondary N) is 1. The molecule has 1 aromatic heterocycles. The number of nitrogen functional groups attached to an aromatic ring is 1. The zero-order chi connectivity index (χ0) is 14.7. The van der Waals surface area contributed by atoms with Crippen molar-refractivity contribution in [1.29, 1.82) is 0 Å². The van der Waals surface area contributed by atoms with Crippen molar-refractivity contribution in [2.75, 3.05) is 5.43 Å². The average molecular weight is 340 g/mol. The van der Waals surface area contributed by atoms with Crippen molar-refractivity contribution in [2.45, 2.75) is 6.92 Å². The molecule has 20 heavy (non-hydrogen) atoms. The summed E-state index contributed by atoms with van der Waals surface area (Å²) in [5, 5.41) is 11.1. The summed E-state index contributed by atoms with van der Waals surface area (Å²) in [6.45, 7) is 1.70. The molecular formula is C11H10BrN5O3. The molecule has 2 aromatic rings. The Bertz CT molecular complexity index is 665. The number of nitro benzene ring substituents is 1. The highest BCUT2D eigenvalue weighted by Gasteiger charge is 2.20. The lowest BCUT2D eigenvalue weighted by atomic mass is 10.2. The summed E-state index contributed by atoms with van der Waals surface area (Å²) < 4.78 is 6.09. The molecule has 0 bridgehead atoms. The van der Waals surface area contributed by atoms with Gasteiger partial charge in [-0.15, -0.1) is 0 Å². The van der Waals surface area contributed by atoms with Crippen molar-refractivity contribution in [1.82, 2.24) is 9.97 Å². The van der Waals surface area contributed by atoms with Gasteiger partial charge in [0.1, 0.15) is 12.1 Å². The second-order valence-corrected chi connectivity index (χ2v) is 4.73. The molecule has 0 amide bonds. The molecule has 0 aliphatic heterocycles. The van der Waals surface area contributed by atoms with E-state index in [-0.39, 0.29) is 17.3 Å². The number of nitro groups is 1. The number of rotatable bonds is 4. The molecule has 0 saturated heterocycles. The van der Waals surface area contributed by atoms with E-state index in [1.807, 2.05) is 0 Å². The maximum absolute atomic E-state index is 11.1. The number of hydrogen-bond acceptors (Lipinski definition) is 7. The summed E-state index contributed by atoms with van der Waals surface area (Å²) in [5.74, 6) is 5.85. The number of anilines is 1. The van der Waals surface area contributed by atoms with E-state index < -0.39 is 4.92 Å². The molecule has 8 nitrogen and oxygen atoms in total. The highest BCUT2D eigenvalue weighted by atomic mass is 79.9. The number of aryl methyl sites for hydroxylation is 1. The summed E-state index contributed by atoms with van der Waals surface area (Å²) >= 11 is 3.21. The third-order valence-corrected chi connectivity index (χ3v) is 2.87. The first-order valence-corrected chi connectivity index (χ1v) is 6.21. The van der Waals surface area contributed by atoms with E-state index in [2.05, 4.69) is 31.3 Å². The van der Waals surface area contributed by atoms with Crippen LogP contribution in [0.4, 0.5) is 11.5 Å². The predicted molar refractivity (Wildman–Crippen MR) is 75.4 cm³/mol. The molecule has 9 heteroatoms. The first-order chi connectivity index (χ1) is 9.51. The van der Waals surface area contributed by atoms with Crippen LogP contribution in [0.3, 0.4) is 0 Å². The summed E-state index contributed by atoms with van der Waals surface area (Å²) in [4.78, 5) is 18.3. The van der Waals surface area contributed by atoms with Gasteiger partial charge in [0.15, 0.2) is 0 Å². The van der Waals surface area contributed by atoms with Crippen LogP contribution < -0.4 is 16.0 Å². The highest BCUT2D eigenvalue weighted by molar-refractivity contribution is 9.10. The van der Waals surface area contributed by atoms with E-state index in [9.17, 15) is 10.1 Å². The Morgan fingerprint density at radius 2 is 2.15 bits per heavy atom. The fourth-order valence-corrected chi connectivity index (χ4v) is 2.12. The molecule has 0 aliphatic carbocycles. The number of halogens is 1. The largest absolute Gasteiger partial charge is 0.431 e. The van der Waals surface area contributed by atoms with Crippen LogP contribution in [0.15, 0.2) is 29.0 Å². The Morgan fingerprint density at radius 1 is 1.40 bits per heavy atom. The fourth-order valence-electron chi connectivity index (χ4n) is 1.56. The molecule has 2 rings (SSSR count). The maximum Gasteiger partial charge on any atom is 0.313 e. The molecule has 104 valence electrons. The minimum absolute atomic E-state index is 0.125. The Balaban J connectivity index is 2.44. The van der Waals surface area contributed by atoms with Crippen LogP contribution in [-0.4, -0.2) is 14.9 Å². The number of nitrogens with two attached hydrogens (primary N) is 1. The molecule has 0 fully saturated rings. The molecule has 1 aromatic carbocycles.